The number of aliphatic hydroxyl groups excluding tert-OH is 2. The fourth-order valence-corrected chi connectivity index (χ4v) is 2.18. The topological polar surface area (TPSA) is 113 Å². The zero-order chi connectivity index (χ0) is 12.7. The highest BCUT2D eigenvalue weighted by atomic mass is 16.5. The van der Waals surface area contributed by atoms with Gasteiger partial charge in [-0.1, -0.05) is 0 Å². The summed E-state index contributed by atoms with van der Waals surface area (Å²) in [4.78, 5) is 21.9. The van der Waals surface area contributed by atoms with Crippen molar-refractivity contribution in [2.75, 3.05) is 13.2 Å². The number of nitrogens with one attached hydrogen (secondary N) is 1. The van der Waals surface area contributed by atoms with Gasteiger partial charge in [0, 0.05) is 0 Å². The first-order valence-electron chi connectivity index (χ1n) is 5.53. The number of aromatic nitrogens is 4. The second-order valence-electron chi connectivity index (χ2n) is 4.15. The molecule has 18 heavy (non-hydrogen) atoms. The van der Waals surface area contributed by atoms with Gasteiger partial charge in [0.2, 0.25) is 0 Å². The van der Waals surface area contributed by atoms with Gasteiger partial charge in [-0.2, -0.15) is 0 Å². The second kappa shape index (κ2) is 4.16. The molecule has 0 aromatic carbocycles. The Morgan fingerprint density at radius 1 is 1.39 bits per heavy atom. The van der Waals surface area contributed by atoms with Crippen LogP contribution in [-0.4, -0.2) is 49.0 Å². The predicted molar refractivity (Wildman–Crippen MR) is 59.7 cm³/mol. The monoisotopic (exact) mass is 252 g/mol. The highest BCUT2D eigenvalue weighted by Crippen LogP contribution is 2.37. The fraction of sp³-hybridized carbons (Fsp3) is 0.500. The molecule has 3 N–H and O–H groups in total. The lowest BCUT2D eigenvalue weighted by Gasteiger charge is -2.43. The Morgan fingerprint density at radius 3 is 2.94 bits per heavy atom. The summed E-state index contributed by atoms with van der Waals surface area (Å²) < 4.78 is 7.04. The molecule has 2 aromatic rings. The number of rotatable bonds is 3. The van der Waals surface area contributed by atoms with E-state index in [1.807, 2.05) is 0 Å². The minimum atomic E-state index is -0.452. The molecule has 0 radical (unpaired) electrons. The zero-order valence-electron chi connectivity index (χ0n) is 9.35. The highest BCUT2D eigenvalue weighted by Gasteiger charge is 2.43. The summed E-state index contributed by atoms with van der Waals surface area (Å²) in [6.07, 6.45) is 1.90. The number of hydrogen-bond donors (Lipinski definition) is 3. The van der Waals surface area contributed by atoms with Crippen LogP contribution in [-0.2, 0) is 4.74 Å². The van der Waals surface area contributed by atoms with Gasteiger partial charge < -0.3 is 19.9 Å². The average Bonchev–Trinajstić information content (AvgIpc) is 2.75. The fourth-order valence-electron chi connectivity index (χ4n) is 2.18. The first-order chi connectivity index (χ1) is 8.76. The lowest BCUT2D eigenvalue weighted by Crippen LogP contribution is -2.49. The summed E-state index contributed by atoms with van der Waals surface area (Å²) in [5.41, 5.74) is 0.307. The van der Waals surface area contributed by atoms with E-state index in [9.17, 15) is 9.90 Å². The lowest BCUT2D eigenvalue weighted by molar-refractivity contribution is -0.243. The summed E-state index contributed by atoms with van der Waals surface area (Å²) in [5, 5.41) is 18.3. The zero-order valence-corrected chi connectivity index (χ0v) is 9.35. The maximum atomic E-state index is 11.5. The summed E-state index contributed by atoms with van der Waals surface area (Å²) in [5.74, 6) is -0.228. The van der Waals surface area contributed by atoms with E-state index < -0.39 is 6.23 Å². The van der Waals surface area contributed by atoms with E-state index in [0.29, 0.717) is 5.65 Å². The van der Waals surface area contributed by atoms with Gasteiger partial charge in [0.25, 0.3) is 5.56 Å². The Kier molecular flexibility index (Phi) is 2.62. The Morgan fingerprint density at radius 2 is 2.22 bits per heavy atom. The van der Waals surface area contributed by atoms with Gasteiger partial charge in [-0.25, -0.2) is 9.97 Å². The highest BCUT2D eigenvalue weighted by molar-refractivity contribution is 5.68. The molecule has 1 aliphatic heterocycles. The van der Waals surface area contributed by atoms with Crippen molar-refractivity contribution in [3.05, 3.63) is 23.0 Å². The molecular formula is C10H12N4O4. The van der Waals surface area contributed by atoms with Crippen LogP contribution in [0.3, 0.4) is 0 Å². The van der Waals surface area contributed by atoms with Crippen molar-refractivity contribution in [1.29, 1.82) is 0 Å². The van der Waals surface area contributed by atoms with Gasteiger partial charge in [-0.05, 0) is 0 Å². The van der Waals surface area contributed by atoms with Crippen LogP contribution in [0.15, 0.2) is 17.4 Å². The molecule has 3 atom stereocenters. The van der Waals surface area contributed by atoms with Crippen molar-refractivity contribution in [3.63, 3.8) is 0 Å². The molecule has 1 saturated heterocycles. The Balaban J connectivity index is 2.01. The van der Waals surface area contributed by atoms with Crippen LogP contribution in [0.2, 0.25) is 0 Å². The Bertz CT molecular complexity index is 622. The first-order valence-corrected chi connectivity index (χ1v) is 5.53. The number of aromatic amines is 1. The van der Waals surface area contributed by atoms with Crippen molar-refractivity contribution < 1.29 is 14.9 Å². The van der Waals surface area contributed by atoms with E-state index in [1.165, 1.54) is 12.7 Å². The normalized spacial score (nSPS) is 27.3. The largest absolute Gasteiger partial charge is 0.396 e. The van der Waals surface area contributed by atoms with Crippen LogP contribution in [0.25, 0.3) is 11.2 Å². The number of H-pyrrole nitrogens is 1. The number of ether oxygens (including phenoxy) is 1. The number of nitrogens with zero attached hydrogens (tertiary/aromatic N) is 3. The lowest BCUT2D eigenvalue weighted by atomic mass is 9.95. The molecule has 1 aliphatic rings. The Labute approximate surface area is 101 Å². The molecule has 8 nitrogen and oxygen atoms in total. The smallest absolute Gasteiger partial charge is 0.278 e. The first kappa shape index (κ1) is 11.3. The molecular weight excluding hydrogens is 240 g/mol. The van der Waals surface area contributed by atoms with Gasteiger partial charge in [-0.3, -0.25) is 9.36 Å². The third kappa shape index (κ3) is 1.47. The van der Waals surface area contributed by atoms with Crippen LogP contribution < -0.4 is 5.56 Å². The van der Waals surface area contributed by atoms with Crippen molar-refractivity contribution in [3.8, 4) is 0 Å². The van der Waals surface area contributed by atoms with E-state index in [-0.39, 0.29) is 36.3 Å². The van der Waals surface area contributed by atoms with Crippen LogP contribution >= 0.6 is 0 Å². The number of fused-ring (bicyclic) bond motifs is 1. The van der Waals surface area contributed by atoms with E-state index in [4.69, 9.17) is 9.84 Å². The van der Waals surface area contributed by atoms with Gasteiger partial charge in [0.05, 0.1) is 37.9 Å². The SMILES string of the molecule is O=c1[nH]cnc2c1ncn2[C@@H]1O[C@H](CO)[C@H]1CO. The molecule has 0 aliphatic carbocycles. The minimum absolute atomic E-state index is 0.112. The van der Waals surface area contributed by atoms with Crippen molar-refractivity contribution >= 4 is 11.2 Å². The summed E-state index contributed by atoms with van der Waals surface area (Å²) in [6.45, 7) is -0.263. The quantitative estimate of drug-likeness (QED) is 0.620. The average molecular weight is 252 g/mol. The standard InChI is InChI=1S/C10H12N4O4/c15-1-5-6(2-16)18-10(5)14-4-13-7-8(14)11-3-12-9(7)17/h3-6,10,15-16H,1-2H2,(H,11,12,17)/t5-,6-,10-/m1/s1. The molecule has 96 valence electrons. The summed E-state index contributed by atoms with van der Waals surface area (Å²) in [6, 6.07) is 0. The third-order valence-electron chi connectivity index (χ3n) is 3.19. The van der Waals surface area contributed by atoms with Crippen LogP contribution in [0, 0.1) is 5.92 Å². The summed E-state index contributed by atoms with van der Waals surface area (Å²) in [7, 11) is 0. The van der Waals surface area contributed by atoms with Gasteiger partial charge in [-0.15, -0.1) is 0 Å². The van der Waals surface area contributed by atoms with Crippen molar-refractivity contribution in [2.24, 2.45) is 5.92 Å². The number of hydrogen-bond acceptors (Lipinski definition) is 6. The molecule has 0 amide bonds. The van der Waals surface area contributed by atoms with Crippen molar-refractivity contribution in [1.82, 2.24) is 19.5 Å². The van der Waals surface area contributed by atoms with Crippen molar-refractivity contribution in [2.45, 2.75) is 12.3 Å². The minimum Gasteiger partial charge on any atom is -0.396 e. The third-order valence-corrected chi connectivity index (χ3v) is 3.19. The maximum absolute atomic E-state index is 11.5. The number of aliphatic hydroxyl groups is 2. The molecule has 2 aromatic heterocycles. The second-order valence-corrected chi connectivity index (χ2v) is 4.15. The predicted octanol–water partition coefficient (Wildman–Crippen LogP) is -1.38. The molecule has 1 fully saturated rings. The molecule has 3 heterocycles. The van der Waals surface area contributed by atoms with Crippen LogP contribution in [0.1, 0.15) is 6.23 Å². The van der Waals surface area contributed by atoms with E-state index in [0.717, 1.165) is 0 Å². The van der Waals surface area contributed by atoms with Crippen LogP contribution in [0.4, 0.5) is 0 Å². The van der Waals surface area contributed by atoms with Crippen LogP contribution in [0.5, 0.6) is 0 Å². The van der Waals surface area contributed by atoms with E-state index in [1.54, 1.807) is 4.57 Å². The van der Waals surface area contributed by atoms with Gasteiger partial charge in [0.1, 0.15) is 6.23 Å². The molecule has 0 bridgehead atoms. The van der Waals surface area contributed by atoms with Gasteiger partial charge >= 0.3 is 0 Å². The molecule has 3 rings (SSSR count). The van der Waals surface area contributed by atoms with E-state index in [2.05, 4.69) is 15.0 Å². The molecule has 8 heteroatoms. The molecule has 0 spiro atoms. The molecule has 0 saturated carbocycles. The molecule has 0 unspecified atom stereocenters. The summed E-state index contributed by atoms with van der Waals surface area (Å²) >= 11 is 0. The van der Waals surface area contributed by atoms with E-state index >= 15 is 0 Å². The number of imidazole rings is 1. The van der Waals surface area contributed by atoms with Gasteiger partial charge in [0.15, 0.2) is 11.2 Å². The Hall–Kier alpha value is -1.77. The maximum Gasteiger partial charge on any atom is 0.278 e.